The quantitative estimate of drug-likeness (QED) is 0.822. The summed E-state index contributed by atoms with van der Waals surface area (Å²) >= 11 is 0. The van der Waals surface area contributed by atoms with Crippen molar-refractivity contribution in [2.45, 2.75) is 46.6 Å². The minimum absolute atomic E-state index is 0.0633. The predicted octanol–water partition coefficient (Wildman–Crippen LogP) is 2.85. The van der Waals surface area contributed by atoms with Gasteiger partial charge in [0.25, 0.3) is 5.91 Å². The molecule has 4 heteroatoms. The van der Waals surface area contributed by atoms with Crippen molar-refractivity contribution < 1.29 is 4.79 Å². The third-order valence-electron chi connectivity index (χ3n) is 2.74. The number of rotatable bonds is 7. The first kappa shape index (κ1) is 15.5. The van der Waals surface area contributed by atoms with Crippen molar-refractivity contribution in [1.82, 2.24) is 10.3 Å². The van der Waals surface area contributed by atoms with Crippen molar-refractivity contribution in [3.8, 4) is 0 Å². The minimum atomic E-state index is -0.0633. The van der Waals surface area contributed by atoms with Crippen LogP contribution < -0.4 is 10.2 Å². The van der Waals surface area contributed by atoms with Gasteiger partial charge in [0, 0.05) is 25.3 Å². The van der Waals surface area contributed by atoms with Gasteiger partial charge < -0.3 is 10.2 Å². The molecule has 0 aromatic carbocycles. The zero-order valence-electron chi connectivity index (χ0n) is 12.4. The fraction of sp³-hybridized carbons (Fsp3) is 0.600. The van der Waals surface area contributed by atoms with Gasteiger partial charge in [0.15, 0.2) is 0 Å². The molecule has 1 amide bonds. The highest BCUT2D eigenvalue weighted by Gasteiger charge is 2.10. The fourth-order valence-electron chi connectivity index (χ4n) is 1.93. The van der Waals surface area contributed by atoms with Crippen LogP contribution in [0.25, 0.3) is 0 Å². The van der Waals surface area contributed by atoms with Gasteiger partial charge in [0.2, 0.25) is 0 Å². The molecule has 1 aromatic rings. The zero-order chi connectivity index (χ0) is 14.3. The van der Waals surface area contributed by atoms with E-state index < -0.39 is 0 Å². The number of hydrogen-bond donors (Lipinski definition) is 1. The molecule has 1 aromatic heterocycles. The Morgan fingerprint density at radius 1 is 1.26 bits per heavy atom. The maximum Gasteiger partial charge on any atom is 0.253 e. The lowest BCUT2D eigenvalue weighted by Gasteiger charge is -2.22. The maximum atomic E-state index is 11.8. The number of aromatic nitrogens is 1. The third kappa shape index (κ3) is 4.89. The molecule has 0 saturated heterocycles. The monoisotopic (exact) mass is 263 g/mol. The van der Waals surface area contributed by atoms with Gasteiger partial charge in [-0.2, -0.15) is 0 Å². The lowest BCUT2D eigenvalue weighted by molar-refractivity contribution is 0.0943. The first-order chi connectivity index (χ1) is 9.08. The molecule has 4 nitrogen and oxygen atoms in total. The van der Waals surface area contributed by atoms with E-state index in [0.717, 1.165) is 31.7 Å². The Labute approximate surface area is 116 Å². The van der Waals surface area contributed by atoms with Crippen LogP contribution >= 0.6 is 0 Å². The molecule has 1 heterocycles. The predicted molar refractivity (Wildman–Crippen MR) is 79.6 cm³/mol. The Balaban J connectivity index is 2.76. The van der Waals surface area contributed by atoms with Crippen LogP contribution in [0.3, 0.4) is 0 Å². The van der Waals surface area contributed by atoms with Crippen LogP contribution in [-0.4, -0.2) is 30.0 Å². The van der Waals surface area contributed by atoms with E-state index in [0.29, 0.717) is 5.56 Å². The third-order valence-corrected chi connectivity index (χ3v) is 2.74. The molecule has 0 bridgehead atoms. The molecule has 0 radical (unpaired) electrons. The van der Waals surface area contributed by atoms with Crippen LogP contribution in [0.5, 0.6) is 0 Å². The lowest BCUT2D eigenvalue weighted by Crippen LogP contribution is -2.30. The van der Waals surface area contributed by atoms with Crippen molar-refractivity contribution in [3.63, 3.8) is 0 Å². The van der Waals surface area contributed by atoms with Crippen molar-refractivity contribution in [3.05, 3.63) is 23.9 Å². The summed E-state index contributed by atoms with van der Waals surface area (Å²) < 4.78 is 0. The number of carbonyl (C=O) groups is 1. The summed E-state index contributed by atoms with van der Waals surface area (Å²) in [6, 6.07) is 3.92. The van der Waals surface area contributed by atoms with E-state index in [4.69, 9.17) is 0 Å². The van der Waals surface area contributed by atoms with Gasteiger partial charge >= 0.3 is 0 Å². The van der Waals surface area contributed by atoms with Crippen LogP contribution in [0.4, 0.5) is 5.82 Å². The molecule has 0 saturated carbocycles. The molecule has 0 aliphatic heterocycles. The SMILES string of the molecule is CCCN(CCC)c1ccc(C(=O)NC(C)C)cn1. The second-order valence-electron chi connectivity index (χ2n) is 5.02. The first-order valence-corrected chi connectivity index (χ1v) is 7.10. The van der Waals surface area contributed by atoms with Gasteiger partial charge in [-0.25, -0.2) is 4.98 Å². The van der Waals surface area contributed by atoms with E-state index in [9.17, 15) is 4.79 Å². The van der Waals surface area contributed by atoms with E-state index in [2.05, 4.69) is 29.0 Å². The van der Waals surface area contributed by atoms with Crippen LogP contribution in [0, 0.1) is 0 Å². The Morgan fingerprint density at radius 2 is 1.89 bits per heavy atom. The summed E-state index contributed by atoms with van der Waals surface area (Å²) in [5.41, 5.74) is 0.616. The second kappa shape index (κ2) is 7.77. The topological polar surface area (TPSA) is 45.2 Å². The molecule has 19 heavy (non-hydrogen) atoms. The summed E-state index contributed by atoms with van der Waals surface area (Å²) in [5.74, 6) is 0.886. The number of carbonyl (C=O) groups excluding carboxylic acids is 1. The standard InChI is InChI=1S/C15H25N3O/c1-5-9-18(10-6-2)14-8-7-13(11-16-14)15(19)17-12(3)4/h7-8,11-12H,5-6,9-10H2,1-4H3,(H,17,19). The second-order valence-corrected chi connectivity index (χ2v) is 5.02. The van der Waals surface area contributed by atoms with E-state index in [1.54, 1.807) is 6.20 Å². The first-order valence-electron chi connectivity index (χ1n) is 7.10. The van der Waals surface area contributed by atoms with Gasteiger partial charge in [-0.3, -0.25) is 4.79 Å². The van der Waals surface area contributed by atoms with Gasteiger partial charge in [-0.05, 0) is 38.8 Å². The van der Waals surface area contributed by atoms with E-state index in [1.165, 1.54) is 0 Å². The van der Waals surface area contributed by atoms with Gasteiger partial charge in [0.1, 0.15) is 5.82 Å². The summed E-state index contributed by atoms with van der Waals surface area (Å²) in [7, 11) is 0. The van der Waals surface area contributed by atoms with E-state index in [-0.39, 0.29) is 11.9 Å². The summed E-state index contributed by atoms with van der Waals surface area (Å²) in [5, 5.41) is 2.87. The Kier molecular flexibility index (Phi) is 6.33. The molecule has 0 aliphatic carbocycles. The summed E-state index contributed by atoms with van der Waals surface area (Å²) in [4.78, 5) is 18.5. The van der Waals surface area contributed by atoms with Crippen LogP contribution in [0.15, 0.2) is 18.3 Å². The molecular formula is C15H25N3O. The molecular weight excluding hydrogens is 238 g/mol. The molecule has 1 N–H and O–H groups in total. The van der Waals surface area contributed by atoms with E-state index >= 15 is 0 Å². The van der Waals surface area contributed by atoms with Crippen LogP contribution in [-0.2, 0) is 0 Å². The molecule has 1 rings (SSSR count). The Hall–Kier alpha value is -1.58. The van der Waals surface area contributed by atoms with Crippen LogP contribution in [0.1, 0.15) is 50.9 Å². The van der Waals surface area contributed by atoms with Gasteiger partial charge in [0.05, 0.1) is 5.56 Å². The number of amides is 1. The number of nitrogens with one attached hydrogen (secondary N) is 1. The maximum absolute atomic E-state index is 11.8. The highest BCUT2D eigenvalue weighted by atomic mass is 16.1. The molecule has 106 valence electrons. The largest absolute Gasteiger partial charge is 0.357 e. The van der Waals surface area contributed by atoms with Gasteiger partial charge in [-0.15, -0.1) is 0 Å². The Morgan fingerprint density at radius 3 is 2.32 bits per heavy atom. The average molecular weight is 263 g/mol. The molecule has 0 spiro atoms. The highest BCUT2D eigenvalue weighted by molar-refractivity contribution is 5.94. The number of pyridine rings is 1. The molecule has 0 aliphatic rings. The van der Waals surface area contributed by atoms with Crippen molar-refractivity contribution >= 4 is 11.7 Å². The Bertz CT molecular complexity index is 381. The van der Waals surface area contributed by atoms with Crippen molar-refractivity contribution in [2.24, 2.45) is 0 Å². The fourth-order valence-corrected chi connectivity index (χ4v) is 1.93. The molecule has 0 atom stereocenters. The average Bonchev–Trinajstić information content (AvgIpc) is 2.38. The number of nitrogens with zero attached hydrogens (tertiary/aromatic N) is 2. The highest BCUT2D eigenvalue weighted by Crippen LogP contribution is 2.12. The lowest BCUT2D eigenvalue weighted by atomic mass is 10.2. The summed E-state index contributed by atoms with van der Waals surface area (Å²) in [6.45, 7) is 10.2. The van der Waals surface area contributed by atoms with Crippen molar-refractivity contribution in [1.29, 1.82) is 0 Å². The molecule has 0 unspecified atom stereocenters. The normalized spacial score (nSPS) is 10.6. The minimum Gasteiger partial charge on any atom is -0.357 e. The smallest absolute Gasteiger partial charge is 0.253 e. The van der Waals surface area contributed by atoms with Gasteiger partial charge in [-0.1, -0.05) is 13.8 Å². The molecule has 0 fully saturated rings. The zero-order valence-corrected chi connectivity index (χ0v) is 12.4. The number of anilines is 1. The van der Waals surface area contributed by atoms with Crippen molar-refractivity contribution in [2.75, 3.05) is 18.0 Å². The van der Waals surface area contributed by atoms with E-state index in [1.807, 2.05) is 26.0 Å². The summed E-state index contributed by atoms with van der Waals surface area (Å²) in [6.07, 6.45) is 3.85. The van der Waals surface area contributed by atoms with Crippen LogP contribution in [0.2, 0.25) is 0 Å². The number of hydrogen-bond acceptors (Lipinski definition) is 3.